The van der Waals surface area contributed by atoms with Crippen LogP contribution in [0.25, 0.3) is 0 Å². The molecule has 154 valence electrons. The Hall–Kier alpha value is -0.0800. The molecule has 0 bridgehead atoms. The number of nitrogens with zero attached hydrogens (tertiary/aromatic N) is 2. The van der Waals surface area contributed by atoms with Crippen molar-refractivity contribution in [3.63, 3.8) is 0 Å². The Morgan fingerprint density at radius 2 is 1.88 bits per heavy atom. The Morgan fingerprint density at radius 3 is 2.46 bits per heavy atom. The lowest BCUT2D eigenvalue weighted by Gasteiger charge is -2.33. The van der Waals surface area contributed by atoms with Gasteiger partial charge in [0.1, 0.15) is 0 Å². The highest BCUT2D eigenvalue weighted by atomic mass is 127. The van der Waals surface area contributed by atoms with Gasteiger partial charge in [-0.2, -0.15) is 0 Å². The van der Waals surface area contributed by atoms with Gasteiger partial charge >= 0.3 is 0 Å². The van der Waals surface area contributed by atoms with Crippen molar-refractivity contribution in [1.82, 2.24) is 15.5 Å². The predicted octanol–water partition coefficient (Wildman–Crippen LogP) is 3.63. The zero-order chi connectivity index (χ0) is 18.0. The highest BCUT2D eigenvalue weighted by Crippen LogP contribution is 2.41. The molecule has 0 radical (unpaired) electrons. The Bertz CT molecular complexity index is 391. The summed E-state index contributed by atoms with van der Waals surface area (Å²) in [6.07, 6.45) is 10.3. The first-order valence-corrected chi connectivity index (χ1v) is 10.5. The second-order valence-electron chi connectivity index (χ2n) is 7.86. The van der Waals surface area contributed by atoms with Gasteiger partial charge in [-0.05, 0) is 50.9 Å². The predicted molar refractivity (Wildman–Crippen MR) is 122 cm³/mol. The van der Waals surface area contributed by atoms with E-state index >= 15 is 0 Å². The lowest BCUT2D eigenvalue weighted by molar-refractivity contribution is 0.155. The summed E-state index contributed by atoms with van der Waals surface area (Å²) in [6.45, 7) is 10.8. The van der Waals surface area contributed by atoms with Crippen molar-refractivity contribution in [2.45, 2.75) is 71.3 Å². The van der Waals surface area contributed by atoms with Crippen LogP contribution in [0, 0.1) is 5.41 Å². The summed E-state index contributed by atoms with van der Waals surface area (Å²) in [4.78, 5) is 7.54. The van der Waals surface area contributed by atoms with E-state index in [9.17, 15) is 0 Å². The SMILES string of the molecule is CCNC(=NCC1(CC)CCCC1)NC1CCN(CCCOC)CC1.I. The van der Waals surface area contributed by atoms with Gasteiger partial charge < -0.3 is 20.3 Å². The molecule has 2 N–H and O–H groups in total. The standard InChI is InChI=1S/C20H40N4O.HI/c1-4-20(11-6-7-12-20)17-22-19(21-5-2)23-18-9-14-24(15-10-18)13-8-16-25-3;/h18H,4-17H2,1-3H3,(H2,21,22,23);1H. The second-order valence-corrected chi connectivity index (χ2v) is 7.86. The molecule has 2 aliphatic rings. The molecule has 0 aromatic carbocycles. The van der Waals surface area contributed by atoms with Crippen LogP contribution in [-0.4, -0.2) is 63.3 Å². The smallest absolute Gasteiger partial charge is 0.191 e. The average molecular weight is 480 g/mol. The lowest BCUT2D eigenvalue weighted by atomic mass is 9.84. The van der Waals surface area contributed by atoms with Crippen LogP contribution >= 0.6 is 24.0 Å². The summed E-state index contributed by atoms with van der Waals surface area (Å²) in [5.74, 6) is 1.03. The van der Waals surface area contributed by atoms with Gasteiger partial charge in [-0.3, -0.25) is 4.99 Å². The molecule has 1 heterocycles. The molecular weight excluding hydrogens is 439 g/mol. The number of hydrogen-bond acceptors (Lipinski definition) is 3. The van der Waals surface area contributed by atoms with Gasteiger partial charge in [-0.15, -0.1) is 24.0 Å². The molecular formula is C20H41IN4O. The molecule has 5 nitrogen and oxygen atoms in total. The van der Waals surface area contributed by atoms with Crippen LogP contribution in [0.5, 0.6) is 0 Å². The number of methoxy groups -OCH3 is 1. The van der Waals surface area contributed by atoms with Gasteiger partial charge in [0, 0.05) is 52.5 Å². The Morgan fingerprint density at radius 1 is 1.19 bits per heavy atom. The number of hydrogen-bond donors (Lipinski definition) is 2. The van der Waals surface area contributed by atoms with E-state index in [0.29, 0.717) is 11.5 Å². The van der Waals surface area contributed by atoms with Crippen LogP contribution < -0.4 is 10.6 Å². The Labute approximate surface area is 178 Å². The summed E-state index contributed by atoms with van der Waals surface area (Å²) in [6, 6.07) is 0.553. The number of likely N-dealkylation sites (tertiary alicyclic amines) is 1. The van der Waals surface area contributed by atoms with E-state index in [4.69, 9.17) is 9.73 Å². The van der Waals surface area contributed by atoms with Crippen molar-refractivity contribution in [3.8, 4) is 0 Å². The highest BCUT2D eigenvalue weighted by Gasteiger charge is 2.31. The second kappa shape index (κ2) is 13.2. The summed E-state index contributed by atoms with van der Waals surface area (Å²) < 4.78 is 5.16. The Kier molecular flexibility index (Phi) is 12.1. The fraction of sp³-hybridized carbons (Fsp3) is 0.950. The van der Waals surface area contributed by atoms with Crippen molar-refractivity contribution < 1.29 is 4.74 Å². The third-order valence-corrected chi connectivity index (χ3v) is 6.08. The summed E-state index contributed by atoms with van der Waals surface area (Å²) in [5, 5.41) is 7.15. The van der Waals surface area contributed by atoms with Crippen LogP contribution in [0.1, 0.15) is 65.2 Å². The number of ether oxygens (including phenoxy) is 1. The lowest BCUT2D eigenvalue weighted by Crippen LogP contribution is -2.49. The van der Waals surface area contributed by atoms with Crippen molar-refractivity contribution in [3.05, 3.63) is 0 Å². The minimum atomic E-state index is 0. The average Bonchev–Trinajstić information content (AvgIpc) is 3.11. The van der Waals surface area contributed by atoms with E-state index < -0.39 is 0 Å². The first-order chi connectivity index (χ1) is 12.2. The maximum absolute atomic E-state index is 5.16. The minimum absolute atomic E-state index is 0. The van der Waals surface area contributed by atoms with Gasteiger partial charge in [0.05, 0.1) is 0 Å². The van der Waals surface area contributed by atoms with E-state index in [1.54, 1.807) is 7.11 Å². The molecule has 2 rings (SSSR count). The molecule has 1 saturated heterocycles. The van der Waals surface area contributed by atoms with E-state index in [1.807, 2.05) is 0 Å². The van der Waals surface area contributed by atoms with Crippen molar-refractivity contribution in [2.24, 2.45) is 10.4 Å². The van der Waals surface area contributed by atoms with Gasteiger partial charge in [0.2, 0.25) is 0 Å². The largest absolute Gasteiger partial charge is 0.385 e. The molecule has 0 aromatic heterocycles. The summed E-state index contributed by atoms with van der Waals surface area (Å²) >= 11 is 0. The number of rotatable bonds is 9. The fourth-order valence-electron chi connectivity index (χ4n) is 4.24. The van der Waals surface area contributed by atoms with E-state index in [1.165, 1.54) is 58.0 Å². The maximum atomic E-state index is 5.16. The molecule has 1 aliphatic heterocycles. The summed E-state index contributed by atoms with van der Waals surface area (Å²) in [5.41, 5.74) is 0.465. The first kappa shape index (κ1) is 24.0. The molecule has 1 aliphatic carbocycles. The van der Waals surface area contributed by atoms with Crippen molar-refractivity contribution in [1.29, 1.82) is 0 Å². The fourth-order valence-corrected chi connectivity index (χ4v) is 4.24. The number of piperidine rings is 1. The minimum Gasteiger partial charge on any atom is -0.385 e. The van der Waals surface area contributed by atoms with Crippen LogP contribution in [0.15, 0.2) is 4.99 Å². The first-order valence-electron chi connectivity index (χ1n) is 10.5. The summed E-state index contributed by atoms with van der Waals surface area (Å²) in [7, 11) is 1.78. The van der Waals surface area contributed by atoms with E-state index in [2.05, 4.69) is 29.4 Å². The third-order valence-electron chi connectivity index (χ3n) is 6.08. The molecule has 0 atom stereocenters. The van der Waals surface area contributed by atoms with E-state index in [-0.39, 0.29) is 24.0 Å². The monoisotopic (exact) mass is 480 g/mol. The van der Waals surface area contributed by atoms with Gasteiger partial charge in [0.15, 0.2) is 5.96 Å². The zero-order valence-electron chi connectivity index (χ0n) is 17.2. The van der Waals surface area contributed by atoms with Crippen LogP contribution in [0.3, 0.4) is 0 Å². The van der Waals surface area contributed by atoms with Crippen LogP contribution in [-0.2, 0) is 4.74 Å². The van der Waals surface area contributed by atoms with Crippen LogP contribution in [0.2, 0.25) is 0 Å². The quantitative estimate of drug-likeness (QED) is 0.229. The van der Waals surface area contributed by atoms with Gasteiger partial charge in [0.25, 0.3) is 0 Å². The van der Waals surface area contributed by atoms with E-state index in [0.717, 1.165) is 38.6 Å². The number of aliphatic imine (C=N–C) groups is 1. The third kappa shape index (κ3) is 7.89. The highest BCUT2D eigenvalue weighted by molar-refractivity contribution is 14.0. The van der Waals surface area contributed by atoms with Crippen molar-refractivity contribution >= 4 is 29.9 Å². The topological polar surface area (TPSA) is 48.9 Å². The number of halogens is 1. The molecule has 2 fully saturated rings. The molecule has 6 heteroatoms. The Balaban J connectivity index is 0.00000338. The van der Waals surface area contributed by atoms with Crippen molar-refractivity contribution in [2.75, 3.05) is 46.4 Å². The molecule has 0 unspecified atom stereocenters. The molecule has 26 heavy (non-hydrogen) atoms. The maximum Gasteiger partial charge on any atom is 0.191 e. The van der Waals surface area contributed by atoms with Gasteiger partial charge in [-0.1, -0.05) is 19.8 Å². The van der Waals surface area contributed by atoms with Gasteiger partial charge in [-0.25, -0.2) is 0 Å². The van der Waals surface area contributed by atoms with Crippen LogP contribution in [0.4, 0.5) is 0 Å². The number of guanidine groups is 1. The zero-order valence-corrected chi connectivity index (χ0v) is 19.5. The number of nitrogens with one attached hydrogen (secondary N) is 2. The normalized spacial score (nSPS) is 21.4. The molecule has 0 amide bonds. The molecule has 1 saturated carbocycles. The molecule has 0 aromatic rings. The molecule has 0 spiro atoms.